The standard InChI is InChI=1S/C13H14FN3OS/c1-2-8-3-4-19-11(8)7-17-13(18)10-5-9(14)6-16-12(10)15/h3-6H,2,7H2,1H3,(H2,15,16)(H,17,18). The smallest absolute Gasteiger partial charge is 0.255 e. The molecule has 3 N–H and O–H groups in total. The number of rotatable bonds is 4. The van der Waals surface area contributed by atoms with Crippen LogP contribution < -0.4 is 11.1 Å². The van der Waals surface area contributed by atoms with Gasteiger partial charge in [0.25, 0.3) is 5.91 Å². The Kier molecular flexibility index (Phi) is 4.11. The van der Waals surface area contributed by atoms with Crippen molar-refractivity contribution < 1.29 is 9.18 Å². The monoisotopic (exact) mass is 279 g/mol. The van der Waals surface area contributed by atoms with E-state index in [9.17, 15) is 9.18 Å². The lowest BCUT2D eigenvalue weighted by atomic mass is 10.2. The highest BCUT2D eigenvalue weighted by molar-refractivity contribution is 7.10. The molecule has 6 heteroatoms. The van der Waals surface area contributed by atoms with E-state index < -0.39 is 11.7 Å². The number of amides is 1. The summed E-state index contributed by atoms with van der Waals surface area (Å²) in [6.45, 7) is 2.47. The van der Waals surface area contributed by atoms with Gasteiger partial charge in [-0.25, -0.2) is 9.37 Å². The summed E-state index contributed by atoms with van der Waals surface area (Å²) >= 11 is 1.58. The molecule has 19 heavy (non-hydrogen) atoms. The van der Waals surface area contributed by atoms with Gasteiger partial charge in [-0.2, -0.15) is 0 Å². The quantitative estimate of drug-likeness (QED) is 0.902. The molecule has 0 aliphatic heterocycles. The third-order valence-electron chi connectivity index (χ3n) is 2.76. The van der Waals surface area contributed by atoms with Crippen LogP contribution in [0.25, 0.3) is 0 Å². The first kappa shape index (κ1) is 13.5. The van der Waals surface area contributed by atoms with E-state index in [1.165, 1.54) is 5.56 Å². The van der Waals surface area contributed by atoms with E-state index in [0.717, 1.165) is 23.6 Å². The average Bonchev–Trinajstić information content (AvgIpc) is 2.86. The first-order valence-electron chi connectivity index (χ1n) is 5.86. The largest absolute Gasteiger partial charge is 0.383 e. The summed E-state index contributed by atoms with van der Waals surface area (Å²) in [5.41, 5.74) is 6.83. The molecule has 2 aromatic rings. The number of carbonyl (C=O) groups excluding carboxylic acids is 1. The average molecular weight is 279 g/mol. The molecule has 0 saturated carbocycles. The molecule has 0 aromatic carbocycles. The second-order valence-electron chi connectivity index (χ2n) is 3.99. The van der Waals surface area contributed by atoms with Gasteiger partial charge in [-0.1, -0.05) is 6.92 Å². The van der Waals surface area contributed by atoms with Crippen LogP contribution in [0.5, 0.6) is 0 Å². The van der Waals surface area contributed by atoms with E-state index in [4.69, 9.17) is 5.73 Å². The van der Waals surface area contributed by atoms with Crippen molar-refractivity contribution in [2.24, 2.45) is 0 Å². The fourth-order valence-electron chi connectivity index (χ4n) is 1.72. The zero-order chi connectivity index (χ0) is 13.8. The van der Waals surface area contributed by atoms with Crippen LogP contribution in [-0.2, 0) is 13.0 Å². The van der Waals surface area contributed by atoms with E-state index in [1.54, 1.807) is 11.3 Å². The van der Waals surface area contributed by atoms with Crippen molar-refractivity contribution in [3.63, 3.8) is 0 Å². The molecule has 0 bridgehead atoms. The SMILES string of the molecule is CCc1ccsc1CNC(=O)c1cc(F)cnc1N. The minimum absolute atomic E-state index is 0.0285. The Morgan fingerprint density at radius 3 is 3.11 bits per heavy atom. The summed E-state index contributed by atoms with van der Waals surface area (Å²) in [5, 5.41) is 4.71. The number of nitrogens with two attached hydrogens (primary N) is 1. The Bertz CT molecular complexity index is 597. The van der Waals surface area contributed by atoms with Gasteiger partial charge in [0, 0.05) is 4.88 Å². The van der Waals surface area contributed by atoms with Crippen LogP contribution >= 0.6 is 11.3 Å². The van der Waals surface area contributed by atoms with Crippen LogP contribution in [0.15, 0.2) is 23.7 Å². The van der Waals surface area contributed by atoms with Gasteiger partial charge in [0.2, 0.25) is 0 Å². The molecule has 2 heterocycles. The van der Waals surface area contributed by atoms with E-state index in [1.807, 2.05) is 11.4 Å². The lowest BCUT2D eigenvalue weighted by molar-refractivity contribution is 0.0951. The normalized spacial score (nSPS) is 10.4. The number of pyridine rings is 1. The van der Waals surface area contributed by atoms with Gasteiger partial charge in [-0.15, -0.1) is 11.3 Å². The highest BCUT2D eigenvalue weighted by Crippen LogP contribution is 2.17. The molecule has 2 aromatic heterocycles. The van der Waals surface area contributed by atoms with Gasteiger partial charge in [-0.05, 0) is 29.5 Å². The molecule has 1 amide bonds. The number of aromatic nitrogens is 1. The molecule has 2 rings (SSSR count). The number of nitrogen functional groups attached to an aromatic ring is 1. The van der Waals surface area contributed by atoms with Crippen LogP contribution in [0, 0.1) is 5.82 Å². The number of aryl methyl sites for hydroxylation is 1. The fourth-order valence-corrected chi connectivity index (χ4v) is 2.64. The predicted octanol–water partition coefficient (Wildman–Crippen LogP) is 2.36. The number of nitrogens with zero attached hydrogens (tertiary/aromatic N) is 1. The van der Waals surface area contributed by atoms with Gasteiger partial charge in [0.05, 0.1) is 18.3 Å². The molecule has 0 aliphatic carbocycles. The zero-order valence-electron chi connectivity index (χ0n) is 10.4. The van der Waals surface area contributed by atoms with Crippen molar-refractivity contribution in [3.05, 3.63) is 45.5 Å². The van der Waals surface area contributed by atoms with E-state index >= 15 is 0 Å². The van der Waals surface area contributed by atoms with Gasteiger partial charge in [0.15, 0.2) is 0 Å². The highest BCUT2D eigenvalue weighted by Gasteiger charge is 2.12. The Morgan fingerprint density at radius 1 is 1.58 bits per heavy atom. The van der Waals surface area contributed by atoms with Gasteiger partial charge in [-0.3, -0.25) is 4.79 Å². The van der Waals surface area contributed by atoms with Crippen LogP contribution in [0.2, 0.25) is 0 Å². The minimum atomic E-state index is -0.579. The first-order chi connectivity index (χ1) is 9.11. The van der Waals surface area contributed by atoms with Crippen molar-refractivity contribution >= 4 is 23.1 Å². The van der Waals surface area contributed by atoms with Crippen molar-refractivity contribution in [1.29, 1.82) is 0 Å². The Hall–Kier alpha value is -1.95. The number of nitrogens with one attached hydrogen (secondary N) is 1. The topological polar surface area (TPSA) is 68.0 Å². The number of halogens is 1. The fraction of sp³-hybridized carbons (Fsp3) is 0.231. The lowest BCUT2D eigenvalue weighted by Crippen LogP contribution is -2.24. The van der Waals surface area contributed by atoms with E-state index in [-0.39, 0.29) is 11.4 Å². The Morgan fingerprint density at radius 2 is 2.37 bits per heavy atom. The summed E-state index contributed by atoms with van der Waals surface area (Å²) in [5.74, 6) is -0.967. The van der Waals surface area contributed by atoms with Gasteiger partial charge < -0.3 is 11.1 Å². The first-order valence-corrected chi connectivity index (χ1v) is 6.74. The summed E-state index contributed by atoms with van der Waals surface area (Å²) in [6, 6.07) is 3.12. The second kappa shape index (κ2) is 5.79. The molecule has 0 radical (unpaired) electrons. The molecule has 0 aliphatic rings. The van der Waals surface area contributed by atoms with Crippen LogP contribution in [0.4, 0.5) is 10.2 Å². The zero-order valence-corrected chi connectivity index (χ0v) is 11.3. The Labute approximate surface area is 114 Å². The lowest BCUT2D eigenvalue weighted by Gasteiger charge is -2.07. The van der Waals surface area contributed by atoms with Crippen molar-refractivity contribution in [2.45, 2.75) is 19.9 Å². The van der Waals surface area contributed by atoms with Gasteiger partial charge in [0.1, 0.15) is 11.6 Å². The van der Waals surface area contributed by atoms with Crippen LogP contribution in [0.1, 0.15) is 27.7 Å². The maximum Gasteiger partial charge on any atom is 0.255 e. The number of thiophene rings is 1. The highest BCUT2D eigenvalue weighted by atomic mass is 32.1. The predicted molar refractivity (Wildman–Crippen MR) is 73.5 cm³/mol. The number of carbonyl (C=O) groups is 1. The molecule has 0 unspecified atom stereocenters. The number of anilines is 1. The third kappa shape index (κ3) is 3.08. The minimum Gasteiger partial charge on any atom is -0.383 e. The summed E-state index contributed by atoms with van der Waals surface area (Å²) < 4.78 is 13.0. The Balaban J connectivity index is 2.07. The van der Waals surface area contributed by atoms with Gasteiger partial charge >= 0.3 is 0 Å². The molecule has 0 saturated heterocycles. The molecule has 0 spiro atoms. The van der Waals surface area contributed by atoms with Crippen LogP contribution in [0.3, 0.4) is 0 Å². The summed E-state index contributed by atoms with van der Waals surface area (Å²) in [4.78, 5) is 16.6. The molecule has 4 nitrogen and oxygen atoms in total. The van der Waals surface area contributed by atoms with Crippen molar-refractivity contribution in [1.82, 2.24) is 10.3 Å². The molecular formula is C13H14FN3OS. The molecule has 0 atom stereocenters. The molecule has 100 valence electrons. The third-order valence-corrected chi connectivity index (χ3v) is 3.72. The molecule has 0 fully saturated rings. The second-order valence-corrected chi connectivity index (χ2v) is 4.99. The van der Waals surface area contributed by atoms with E-state index in [2.05, 4.69) is 17.2 Å². The van der Waals surface area contributed by atoms with Crippen LogP contribution in [-0.4, -0.2) is 10.9 Å². The summed E-state index contributed by atoms with van der Waals surface area (Å²) in [6.07, 6.45) is 1.90. The number of hydrogen-bond donors (Lipinski definition) is 2. The van der Waals surface area contributed by atoms with Crippen molar-refractivity contribution in [3.8, 4) is 0 Å². The van der Waals surface area contributed by atoms with E-state index in [0.29, 0.717) is 6.54 Å². The molecular weight excluding hydrogens is 265 g/mol. The summed E-state index contributed by atoms with van der Waals surface area (Å²) in [7, 11) is 0. The maximum atomic E-state index is 13.0. The van der Waals surface area contributed by atoms with Crippen molar-refractivity contribution in [2.75, 3.05) is 5.73 Å². The number of hydrogen-bond acceptors (Lipinski definition) is 4. The maximum absolute atomic E-state index is 13.0.